The van der Waals surface area contributed by atoms with Crippen LogP contribution < -0.4 is 0 Å². The minimum absolute atomic E-state index is 0.339. The Labute approximate surface area is 119 Å². The summed E-state index contributed by atoms with van der Waals surface area (Å²) in [6.07, 6.45) is 2.30. The summed E-state index contributed by atoms with van der Waals surface area (Å²) in [7, 11) is 0. The molecule has 0 spiro atoms. The molecule has 3 aromatic heterocycles. The number of aromatic amines is 1. The Morgan fingerprint density at radius 1 is 1.50 bits per heavy atom. The quantitative estimate of drug-likeness (QED) is 0.565. The Morgan fingerprint density at radius 2 is 2.35 bits per heavy atom. The van der Waals surface area contributed by atoms with Crippen LogP contribution >= 0.6 is 11.6 Å². The number of nitrogens with one attached hydrogen (secondary N) is 1. The van der Waals surface area contributed by atoms with Crippen LogP contribution in [-0.2, 0) is 4.74 Å². The molecule has 2 N–H and O–H groups in total. The van der Waals surface area contributed by atoms with Crippen LogP contribution in [0.1, 0.15) is 18.9 Å². The van der Waals surface area contributed by atoms with E-state index in [0.29, 0.717) is 23.1 Å². The maximum absolute atomic E-state index is 9.83. The molecule has 0 aliphatic rings. The SMILES string of the molecule is CCOC(O)c1cc2nc(Cl)cc(-c3cn[nH]c3)n2n1. The van der Waals surface area contributed by atoms with Gasteiger partial charge in [0.15, 0.2) is 11.9 Å². The van der Waals surface area contributed by atoms with Crippen molar-refractivity contribution in [2.24, 2.45) is 0 Å². The van der Waals surface area contributed by atoms with Gasteiger partial charge in [-0.15, -0.1) is 0 Å². The Balaban J connectivity index is 2.15. The fraction of sp³-hybridized carbons (Fsp3) is 0.250. The van der Waals surface area contributed by atoms with E-state index < -0.39 is 6.29 Å². The van der Waals surface area contributed by atoms with Gasteiger partial charge in [-0.25, -0.2) is 9.50 Å². The zero-order chi connectivity index (χ0) is 14.1. The monoisotopic (exact) mass is 293 g/mol. The van der Waals surface area contributed by atoms with Crippen molar-refractivity contribution in [3.63, 3.8) is 0 Å². The second kappa shape index (κ2) is 5.20. The summed E-state index contributed by atoms with van der Waals surface area (Å²) in [5.41, 5.74) is 2.46. The van der Waals surface area contributed by atoms with E-state index in [0.717, 1.165) is 11.3 Å². The van der Waals surface area contributed by atoms with Gasteiger partial charge in [-0.2, -0.15) is 10.2 Å². The standard InChI is InChI=1S/C12H12ClN5O2/c1-2-20-12(19)8-3-11-16-10(13)4-9(18(11)17-8)7-5-14-15-6-7/h3-6,12,19H,2H2,1H3,(H,14,15). The molecule has 8 heteroatoms. The summed E-state index contributed by atoms with van der Waals surface area (Å²) in [5, 5.41) is 21.1. The summed E-state index contributed by atoms with van der Waals surface area (Å²) < 4.78 is 6.71. The molecule has 1 unspecified atom stereocenters. The van der Waals surface area contributed by atoms with E-state index in [1.165, 1.54) is 0 Å². The summed E-state index contributed by atoms with van der Waals surface area (Å²) in [6, 6.07) is 3.32. The van der Waals surface area contributed by atoms with Crippen molar-refractivity contribution in [3.05, 3.63) is 35.4 Å². The van der Waals surface area contributed by atoms with Crippen molar-refractivity contribution in [2.45, 2.75) is 13.2 Å². The molecule has 0 aliphatic heterocycles. The van der Waals surface area contributed by atoms with Crippen molar-refractivity contribution >= 4 is 17.2 Å². The highest BCUT2D eigenvalue weighted by Gasteiger charge is 2.16. The van der Waals surface area contributed by atoms with Crippen molar-refractivity contribution < 1.29 is 9.84 Å². The molecule has 104 valence electrons. The van der Waals surface area contributed by atoms with E-state index in [2.05, 4.69) is 20.3 Å². The summed E-state index contributed by atoms with van der Waals surface area (Å²) in [6.45, 7) is 2.18. The summed E-state index contributed by atoms with van der Waals surface area (Å²) >= 11 is 6.01. The average Bonchev–Trinajstić information content (AvgIpc) is 3.06. The first-order chi connectivity index (χ1) is 9.69. The minimum atomic E-state index is -1.09. The summed E-state index contributed by atoms with van der Waals surface area (Å²) in [4.78, 5) is 4.18. The Hall–Kier alpha value is -1.96. The molecule has 20 heavy (non-hydrogen) atoms. The van der Waals surface area contributed by atoms with Crippen LogP contribution in [0.4, 0.5) is 0 Å². The van der Waals surface area contributed by atoms with Crippen LogP contribution in [0, 0.1) is 0 Å². The predicted octanol–water partition coefficient (Wildman–Crippen LogP) is 1.80. The number of rotatable bonds is 4. The Kier molecular flexibility index (Phi) is 3.39. The van der Waals surface area contributed by atoms with Gasteiger partial charge in [0, 0.05) is 30.5 Å². The van der Waals surface area contributed by atoms with Gasteiger partial charge in [-0.3, -0.25) is 5.10 Å². The fourth-order valence-corrected chi connectivity index (χ4v) is 2.11. The third kappa shape index (κ3) is 2.26. The first-order valence-electron chi connectivity index (χ1n) is 6.04. The number of halogens is 1. The van der Waals surface area contributed by atoms with E-state index in [1.54, 1.807) is 36.0 Å². The molecule has 0 fully saturated rings. The molecule has 1 atom stereocenters. The largest absolute Gasteiger partial charge is 0.363 e. The normalized spacial score (nSPS) is 12.9. The van der Waals surface area contributed by atoms with Gasteiger partial charge in [0.2, 0.25) is 0 Å². The first kappa shape index (κ1) is 13.0. The molecule has 0 radical (unpaired) electrons. The molecule has 3 aromatic rings. The van der Waals surface area contributed by atoms with Crippen LogP contribution in [0.5, 0.6) is 0 Å². The third-order valence-electron chi connectivity index (χ3n) is 2.79. The molecular formula is C12H12ClN5O2. The predicted molar refractivity (Wildman–Crippen MR) is 72.2 cm³/mol. The van der Waals surface area contributed by atoms with Crippen LogP contribution in [-0.4, -0.2) is 36.5 Å². The van der Waals surface area contributed by atoms with Gasteiger partial charge < -0.3 is 9.84 Å². The molecule has 0 amide bonds. The average molecular weight is 294 g/mol. The van der Waals surface area contributed by atoms with Gasteiger partial charge in [0.25, 0.3) is 0 Å². The number of fused-ring (bicyclic) bond motifs is 1. The Bertz CT molecular complexity index is 725. The van der Waals surface area contributed by atoms with Gasteiger partial charge in [0.05, 0.1) is 11.9 Å². The zero-order valence-electron chi connectivity index (χ0n) is 10.6. The maximum atomic E-state index is 9.83. The first-order valence-corrected chi connectivity index (χ1v) is 6.42. The van der Waals surface area contributed by atoms with Crippen LogP contribution in [0.15, 0.2) is 24.5 Å². The smallest absolute Gasteiger partial charge is 0.200 e. The van der Waals surface area contributed by atoms with Crippen LogP contribution in [0.2, 0.25) is 5.15 Å². The third-order valence-corrected chi connectivity index (χ3v) is 2.98. The zero-order valence-corrected chi connectivity index (χ0v) is 11.4. The molecule has 3 rings (SSSR count). The number of H-pyrrole nitrogens is 1. The molecular weight excluding hydrogens is 282 g/mol. The lowest BCUT2D eigenvalue weighted by Gasteiger charge is -2.06. The second-order valence-electron chi connectivity index (χ2n) is 4.10. The number of nitrogens with zero attached hydrogens (tertiary/aromatic N) is 4. The van der Waals surface area contributed by atoms with Gasteiger partial charge in [-0.1, -0.05) is 11.6 Å². The molecule has 7 nitrogen and oxygen atoms in total. The topological polar surface area (TPSA) is 88.3 Å². The molecule has 0 bridgehead atoms. The van der Waals surface area contributed by atoms with Crippen molar-refractivity contribution in [2.75, 3.05) is 6.61 Å². The second-order valence-corrected chi connectivity index (χ2v) is 4.49. The summed E-state index contributed by atoms with van der Waals surface area (Å²) in [5.74, 6) is 0. The number of aliphatic hydroxyl groups is 1. The van der Waals surface area contributed by atoms with Gasteiger partial charge in [0.1, 0.15) is 10.8 Å². The number of hydrogen-bond acceptors (Lipinski definition) is 5. The highest BCUT2D eigenvalue weighted by molar-refractivity contribution is 6.29. The highest BCUT2D eigenvalue weighted by Crippen LogP contribution is 2.24. The fourth-order valence-electron chi connectivity index (χ4n) is 1.92. The number of hydrogen-bond donors (Lipinski definition) is 2. The lowest BCUT2D eigenvalue weighted by molar-refractivity contribution is -0.101. The van der Waals surface area contributed by atoms with E-state index >= 15 is 0 Å². The Morgan fingerprint density at radius 3 is 3.05 bits per heavy atom. The number of aliphatic hydroxyl groups excluding tert-OH is 1. The lowest BCUT2D eigenvalue weighted by Crippen LogP contribution is -2.04. The number of aromatic nitrogens is 5. The highest BCUT2D eigenvalue weighted by atomic mass is 35.5. The van der Waals surface area contributed by atoms with E-state index in [1.807, 2.05) is 0 Å². The molecule has 0 saturated heterocycles. The molecule has 0 saturated carbocycles. The minimum Gasteiger partial charge on any atom is -0.363 e. The number of ether oxygens (including phenoxy) is 1. The lowest BCUT2D eigenvalue weighted by atomic mass is 10.2. The van der Waals surface area contributed by atoms with Crippen molar-refractivity contribution in [1.82, 2.24) is 24.8 Å². The van der Waals surface area contributed by atoms with Crippen molar-refractivity contribution in [3.8, 4) is 11.3 Å². The molecule has 0 aliphatic carbocycles. The van der Waals surface area contributed by atoms with E-state index in [4.69, 9.17) is 16.3 Å². The van der Waals surface area contributed by atoms with E-state index in [9.17, 15) is 5.11 Å². The maximum Gasteiger partial charge on any atom is 0.200 e. The van der Waals surface area contributed by atoms with Crippen molar-refractivity contribution in [1.29, 1.82) is 0 Å². The molecule has 3 heterocycles. The van der Waals surface area contributed by atoms with Gasteiger partial charge in [-0.05, 0) is 6.92 Å². The van der Waals surface area contributed by atoms with Gasteiger partial charge >= 0.3 is 0 Å². The van der Waals surface area contributed by atoms with Crippen LogP contribution in [0.25, 0.3) is 16.9 Å². The van der Waals surface area contributed by atoms with E-state index in [-0.39, 0.29) is 0 Å². The van der Waals surface area contributed by atoms with Crippen LogP contribution in [0.3, 0.4) is 0 Å². The molecule has 0 aromatic carbocycles.